The van der Waals surface area contributed by atoms with Crippen molar-refractivity contribution in [2.45, 2.75) is 38.6 Å². The lowest BCUT2D eigenvalue weighted by atomic mass is 9.98. The summed E-state index contributed by atoms with van der Waals surface area (Å²) in [7, 11) is 0. The molecular weight excluding hydrogens is 222 g/mol. The highest BCUT2D eigenvalue weighted by Gasteiger charge is 2.55. The van der Waals surface area contributed by atoms with Crippen LogP contribution in [0.3, 0.4) is 0 Å². The zero-order valence-electron chi connectivity index (χ0n) is 11.1. The summed E-state index contributed by atoms with van der Waals surface area (Å²) in [4.78, 5) is 0. The lowest BCUT2D eigenvalue weighted by Crippen LogP contribution is -2.15. The van der Waals surface area contributed by atoms with Crippen LogP contribution in [0.15, 0.2) is 24.3 Å². The highest BCUT2D eigenvalue weighted by atomic mass is 16.5. The summed E-state index contributed by atoms with van der Waals surface area (Å²) in [5.41, 5.74) is 7.68. The van der Waals surface area contributed by atoms with Crippen LogP contribution >= 0.6 is 0 Å². The van der Waals surface area contributed by atoms with E-state index in [1.807, 2.05) is 0 Å². The van der Waals surface area contributed by atoms with E-state index in [-0.39, 0.29) is 6.04 Å². The van der Waals surface area contributed by atoms with Crippen LogP contribution in [0.4, 0.5) is 0 Å². The first kappa shape index (κ1) is 12.0. The molecule has 3 atom stereocenters. The van der Waals surface area contributed by atoms with Gasteiger partial charge in [0.15, 0.2) is 0 Å². The molecule has 1 aromatic rings. The van der Waals surface area contributed by atoms with E-state index < -0.39 is 0 Å². The minimum atomic E-state index is 0.237. The molecule has 3 unspecified atom stereocenters. The average molecular weight is 245 g/mol. The fraction of sp³-hybridized carbons (Fsp3) is 0.625. The summed E-state index contributed by atoms with van der Waals surface area (Å²) in [6.45, 7) is 2.91. The smallest absolute Gasteiger partial charge is 0.119 e. The van der Waals surface area contributed by atoms with Crippen LogP contribution in [-0.4, -0.2) is 6.61 Å². The van der Waals surface area contributed by atoms with Crippen LogP contribution in [0, 0.1) is 17.8 Å². The fourth-order valence-corrected chi connectivity index (χ4v) is 3.64. The first-order valence-corrected chi connectivity index (χ1v) is 7.29. The maximum absolute atomic E-state index is 6.40. The summed E-state index contributed by atoms with van der Waals surface area (Å²) >= 11 is 0. The number of benzene rings is 1. The quantitative estimate of drug-likeness (QED) is 0.861. The van der Waals surface area contributed by atoms with Gasteiger partial charge in [-0.25, -0.2) is 0 Å². The summed E-state index contributed by atoms with van der Waals surface area (Å²) in [6.07, 6.45) is 5.27. The molecule has 2 aliphatic rings. The van der Waals surface area contributed by atoms with Gasteiger partial charge in [-0.2, -0.15) is 0 Å². The van der Waals surface area contributed by atoms with Gasteiger partial charge in [-0.05, 0) is 54.7 Å². The molecule has 2 N–H and O–H groups in total. The third-order valence-corrected chi connectivity index (χ3v) is 4.63. The third kappa shape index (κ3) is 2.14. The summed E-state index contributed by atoms with van der Waals surface area (Å²) < 4.78 is 5.60. The Morgan fingerprint density at radius 3 is 2.50 bits per heavy atom. The number of fused-ring (bicyclic) bond motifs is 1. The molecule has 2 nitrogen and oxygen atoms in total. The van der Waals surface area contributed by atoms with E-state index in [1.54, 1.807) is 0 Å². The van der Waals surface area contributed by atoms with Gasteiger partial charge in [0.05, 0.1) is 6.61 Å². The highest BCUT2D eigenvalue weighted by Crippen LogP contribution is 2.61. The molecule has 2 aliphatic carbocycles. The molecule has 1 aromatic carbocycles. The van der Waals surface area contributed by atoms with Crippen molar-refractivity contribution in [1.29, 1.82) is 0 Å². The first-order chi connectivity index (χ1) is 8.81. The van der Waals surface area contributed by atoms with Gasteiger partial charge in [0, 0.05) is 6.04 Å². The third-order valence-electron chi connectivity index (χ3n) is 4.63. The normalized spacial score (nSPS) is 30.9. The second-order valence-corrected chi connectivity index (χ2v) is 5.78. The molecule has 2 saturated carbocycles. The topological polar surface area (TPSA) is 35.2 Å². The Kier molecular flexibility index (Phi) is 3.29. The van der Waals surface area contributed by atoms with Crippen molar-refractivity contribution < 1.29 is 4.74 Å². The Labute approximate surface area is 110 Å². The minimum absolute atomic E-state index is 0.237. The van der Waals surface area contributed by atoms with Crippen molar-refractivity contribution in [3.05, 3.63) is 29.8 Å². The Balaban J connectivity index is 1.62. The molecule has 0 bridgehead atoms. The van der Waals surface area contributed by atoms with Gasteiger partial charge in [-0.15, -0.1) is 0 Å². The first-order valence-electron chi connectivity index (χ1n) is 7.29. The zero-order valence-corrected chi connectivity index (χ0v) is 11.1. The lowest BCUT2D eigenvalue weighted by Gasteiger charge is -2.14. The van der Waals surface area contributed by atoms with Gasteiger partial charge >= 0.3 is 0 Å². The van der Waals surface area contributed by atoms with Crippen LogP contribution in [0.1, 0.15) is 44.2 Å². The van der Waals surface area contributed by atoms with Gasteiger partial charge < -0.3 is 10.5 Å². The number of hydrogen-bond acceptors (Lipinski definition) is 2. The van der Waals surface area contributed by atoms with E-state index in [0.29, 0.717) is 0 Å². The Morgan fingerprint density at radius 2 is 1.89 bits per heavy atom. The molecule has 0 spiro atoms. The van der Waals surface area contributed by atoms with Crippen molar-refractivity contribution in [2.24, 2.45) is 23.5 Å². The van der Waals surface area contributed by atoms with Crippen LogP contribution in [0.25, 0.3) is 0 Å². The molecule has 18 heavy (non-hydrogen) atoms. The van der Waals surface area contributed by atoms with Crippen LogP contribution in [0.2, 0.25) is 0 Å². The molecule has 3 rings (SSSR count). The maximum Gasteiger partial charge on any atom is 0.119 e. The summed E-state index contributed by atoms with van der Waals surface area (Å²) in [5.74, 6) is 3.57. The zero-order chi connectivity index (χ0) is 12.5. The van der Waals surface area contributed by atoms with Crippen molar-refractivity contribution >= 4 is 0 Å². The second kappa shape index (κ2) is 4.93. The lowest BCUT2D eigenvalue weighted by molar-refractivity contribution is 0.317. The molecule has 0 aromatic heterocycles. The Hall–Kier alpha value is -1.02. The minimum Gasteiger partial charge on any atom is -0.494 e. The van der Waals surface area contributed by atoms with E-state index in [2.05, 4.69) is 31.2 Å². The van der Waals surface area contributed by atoms with Gasteiger partial charge in [0.1, 0.15) is 5.75 Å². The number of ether oxygens (including phenoxy) is 1. The largest absolute Gasteiger partial charge is 0.494 e. The molecular formula is C16H23NO. The van der Waals surface area contributed by atoms with E-state index in [4.69, 9.17) is 10.5 Å². The van der Waals surface area contributed by atoms with Crippen molar-refractivity contribution in [2.75, 3.05) is 6.61 Å². The molecule has 2 fully saturated rings. The predicted molar refractivity (Wildman–Crippen MR) is 73.5 cm³/mol. The summed E-state index contributed by atoms with van der Waals surface area (Å²) in [5, 5.41) is 0. The Bertz CT molecular complexity index is 390. The van der Waals surface area contributed by atoms with Crippen LogP contribution in [0.5, 0.6) is 5.75 Å². The number of nitrogens with two attached hydrogens (primary N) is 1. The maximum atomic E-state index is 6.40. The van der Waals surface area contributed by atoms with E-state index in [9.17, 15) is 0 Å². The fourth-order valence-electron chi connectivity index (χ4n) is 3.64. The van der Waals surface area contributed by atoms with Crippen molar-refractivity contribution in [1.82, 2.24) is 0 Å². The molecule has 2 heteroatoms. The van der Waals surface area contributed by atoms with E-state index in [1.165, 1.54) is 24.8 Å². The number of rotatable bonds is 5. The summed E-state index contributed by atoms with van der Waals surface area (Å²) in [6, 6.07) is 8.64. The predicted octanol–water partition coefficient (Wildman–Crippen LogP) is 3.52. The standard InChI is InChI=1S/C16H23NO/c1-2-10-18-12-8-6-11(7-9-12)16(17)15-13-4-3-5-14(13)15/h6-9,13-16H,2-5,10,17H2,1H3. The van der Waals surface area contributed by atoms with Crippen LogP contribution in [-0.2, 0) is 0 Å². The van der Waals surface area contributed by atoms with Gasteiger partial charge in [0.2, 0.25) is 0 Å². The number of hydrogen-bond donors (Lipinski definition) is 1. The van der Waals surface area contributed by atoms with Crippen molar-refractivity contribution in [3.63, 3.8) is 0 Å². The molecule has 0 heterocycles. The molecule has 0 radical (unpaired) electrons. The second-order valence-electron chi connectivity index (χ2n) is 5.78. The average Bonchev–Trinajstić information content (AvgIpc) is 2.88. The molecule has 0 saturated heterocycles. The van der Waals surface area contributed by atoms with Crippen molar-refractivity contribution in [3.8, 4) is 5.75 Å². The molecule has 0 aliphatic heterocycles. The van der Waals surface area contributed by atoms with E-state index >= 15 is 0 Å². The Morgan fingerprint density at radius 1 is 1.22 bits per heavy atom. The van der Waals surface area contributed by atoms with Crippen LogP contribution < -0.4 is 10.5 Å². The molecule has 0 amide bonds. The molecule has 98 valence electrons. The SMILES string of the molecule is CCCOc1ccc(C(N)C2C3CCCC32)cc1. The monoisotopic (exact) mass is 245 g/mol. The van der Waals surface area contributed by atoms with Gasteiger partial charge in [0.25, 0.3) is 0 Å². The van der Waals surface area contributed by atoms with E-state index in [0.717, 1.165) is 36.5 Å². The van der Waals surface area contributed by atoms with Gasteiger partial charge in [-0.3, -0.25) is 0 Å². The van der Waals surface area contributed by atoms with Gasteiger partial charge in [-0.1, -0.05) is 25.5 Å². The highest BCUT2D eigenvalue weighted by molar-refractivity contribution is 5.30.